The van der Waals surface area contributed by atoms with Gasteiger partial charge in [-0.15, -0.1) is 0 Å². The lowest BCUT2D eigenvalue weighted by molar-refractivity contribution is 0.0895. The molecule has 0 aliphatic rings. The first-order valence-corrected chi connectivity index (χ1v) is 12.3. The van der Waals surface area contributed by atoms with Crippen molar-refractivity contribution in [3.63, 3.8) is 0 Å². The van der Waals surface area contributed by atoms with Crippen LogP contribution in [-0.2, 0) is 14.0 Å². The molecular weight excluding hydrogens is 383 g/mol. The molecule has 0 amide bonds. The van der Waals surface area contributed by atoms with E-state index in [9.17, 15) is 9.36 Å². The van der Waals surface area contributed by atoms with Crippen LogP contribution in [0.2, 0.25) is 0 Å². The van der Waals surface area contributed by atoms with Crippen LogP contribution in [0, 0.1) is 0 Å². The third-order valence-corrected chi connectivity index (χ3v) is 4.95. The summed E-state index contributed by atoms with van der Waals surface area (Å²) in [6.45, 7) is 3.75. The molecule has 7 nitrogen and oxygen atoms in total. The van der Waals surface area contributed by atoms with Crippen molar-refractivity contribution < 1.29 is 33.7 Å². The summed E-state index contributed by atoms with van der Waals surface area (Å²) < 4.78 is 18.7. The average molecular weight is 427 g/mol. The van der Waals surface area contributed by atoms with Crippen LogP contribution in [-0.4, -0.2) is 47.5 Å². The topological polar surface area (TPSA) is 113 Å². The Labute approximate surface area is 171 Å². The minimum Gasteiger partial charge on any atom is -0.460 e. The largest absolute Gasteiger partial charge is 0.460 e. The normalized spacial score (nSPS) is 11.0. The first-order valence-electron chi connectivity index (χ1n) is 10.7. The summed E-state index contributed by atoms with van der Waals surface area (Å²) in [5.41, 5.74) is -1.50. The lowest BCUT2D eigenvalue weighted by Gasteiger charge is -2.03. The van der Waals surface area contributed by atoms with Crippen LogP contribution in [0.3, 0.4) is 0 Å². The van der Waals surface area contributed by atoms with E-state index in [4.69, 9.17) is 19.6 Å². The van der Waals surface area contributed by atoms with Gasteiger partial charge in [-0.1, -0.05) is 90.4 Å². The molecule has 0 fully saturated rings. The van der Waals surface area contributed by atoms with Crippen LogP contribution in [0.5, 0.6) is 0 Å². The number of hydrogen-bond acceptors (Lipinski definition) is 5. The Morgan fingerprint density at radius 2 is 1.14 bits per heavy atom. The van der Waals surface area contributed by atoms with E-state index in [0.29, 0.717) is 6.61 Å². The summed E-state index contributed by atoms with van der Waals surface area (Å²) in [6, 6.07) is 0. The minimum atomic E-state index is -4.62. The van der Waals surface area contributed by atoms with Gasteiger partial charge in [0.2, 0.25) is 0 Å². The molecule has 3 N–H and O–H groups in total. The predicted molar refractivity (Wildman–Crippen MR) is 113 cm³/mol. The standard InChI is InChI=1S/C18H38O2.C2H5O5P/c1-2-3-4-5-6-7-8-9-10-11-12-13-14-15-17-20-18-16-19;1-7-2(3)8(4,5)6/h19H,2-18H2,1H3;1H3,(H2,4,5,6). The van der Waals surface area contributed by atoms with E-state index in [1.165, 1.54) is 83.5 Å². The Balaban J connectivity index is 0. The van der Waals surface area contributed by atoms with E-state index >= 15 is 0 Å². The highest BCUT2D eigenvalue weighted by Gasteiger charge is 2.26. The fraction of sp³-hybridized carbons (Fsp3) is 0.950. The number of aliphatic hydroxyl groups is 1. The maximum atomic E-state index is 9.85. The van der Waals surface area contributed by atoms with Gasteiger partial charge in [0.05, 0.1) is 20.3 Å². The zero-order valence-electron chi connectivity index (χ0n) is 17.9. The second-order valence-electron chi connectivity index (χ2n) is 6.95. The summed E-state index contributed by atoms with van der Waals surface area (Å²) in [6.07, 6.45) is 19.5. The second-order valence-corrected chi connectivity index (χ2v) is 8.40. The van der Waals surface area contributed by atoms with Crippen molar-refractivity contribution in [2.75, 3.05) is 26.9 Å². The van der Waals surface area contributed by atoms with Gasteiger partial charge in [-0.3, -0.25) is 0 Å². The van der Waals surface area contributed by atoms with Crippen molar-refractivity contribution >= 4 is 13.3 Å². The van der Waals surface area contributed by atoms with Crippen LogP contribution < -0.4 is 0 Å². The molecular formula is C20H43O7P. The van der Waals surface area contributed by atoms with Crippen molar-refractivity contribution in [1.29, 1.82) is 0 Å². The van der Waals surface area contributed by atoms with Crippen molar-refractivity contribution in [1.82, 2.24) is 0 Å². The number of ether oxygens (including phenoxy) is 2. The summed E-state index contributed by atoms with van der Waals surface area (Å²) in [7, 11) is -3.71. The van der Waals surface area contributed by atoms with E-state index in [1.807, 2.05) is 0 Å². The van der Waals surface area contributed by atoms with Crippen LogP contribution in [0.15, 0.2) is 0 Å². The van der Waals surface area contributed by atoms with Crippen molar-refractivity contribution in [3.05, 3.63) is 0 Å². The Morgan fingerprint density at radius 3 is 1.43 bits per heavy atom. The SMILES string of the molecule is CCCCCCCCCCCCCCCCOCCO.COC(=O)P(=O)(O)O. The molecule has 0 rings (SSSR count). The first-order chi connectivity index (χ1) is 13.4. The molecule has 0 heterocycles. The van der Waals surface area contributed by atoms with Gasteiger partial charge < -0.3 is 24.4 Å². The highest BCUT2D eigenvalue weighted by Crippen LogP contribution is 2.36. The van der Waals surface area contributed by atoms with E-state index in [-0.39, 0.29) is 6.61 Å². The second kappa shape index (κ2) is 22.8. The summed E-state index contributed by atoms with van der Waals surface area (Å²) in [5.74, 6) is 0. The molecule has 0 bridgehead atoms. The molecule has 0 saturated heterocycles. The number of unbranched alkanes of at least 4 members (excludes halogenated alkanes) is 13. The smallest absolute Gasteiger partial charge is 0.433 e. The molecule has 0 spiro atoms. The predicted octanol–water partition coefficient (Wildman–Crippen LogP) is 5.41. The van der Waals surface area contributed by atoms with Crippen LogP contribution >= 0.6 is 7.60 Å². The maximum absolute atomic E-state index is 9.85. The quantitative estimate of drug-likeness (QED) is 0.198. The number of rotatable bonds is 18. The monoisotopic (exact) mass is 426 g/mol. The average Bonchev–Trinajstić information content (AvgIpc) is 2.66. The molecule has 28 heavy (non-hydrogen) atoms. The van der Waals surface area contributed by atoms with Crippen molar-refractivity contribution in [2.45, 2.75) is 96.8 Å². The molecule has 0 saturated carbocycles. The van der Waals surface area contributed by atoms with E-state index in [0.717, 1.165) is 20.1 Å². The molecule has 0 aliphatic carbocycles. The Bertz CT molecular complexity index is 354. The van der Waals surface area contributed by atoms with E-state index in [2.05, 4.69) is 11.7 Å². The minimum absolute atomic E-state index is 0.151. The summed E-state index contributed by atoms with van der Waals surface area (Å²) in [5, 5.41) is 8.56. The van der Waals surface area contributed by atoms with Crippen molar-refractivity contribution in [2.24, 2.45) is 0 Å². The zero-order valence-corrected chi connectivity index (χ0v) is 18.8. The third-order valence-electron chi connectivity index (χ3n) is 4.29. The molecule has 0 atom stereocenters. The van der Waals surface area contributed by atoms with Gasteiger partial charge >= 0.3 is 13.3 Å². The zero-order chi connectivity index (χ0) is 21.5. The van der Waals surface area contributed by atoms with Gasteiger partial charge in [-0.05, 0) is 6.42 Å². The summed E-state index contributed by atoms with van der Waals surface area (Å²) in [4.78, 5) is 25.7. The maximum Gasteiger partial charge on any atom is 0.433 e. The molecule has 0 aliphatic heterocycles. The molecule has 0 aromatic carbocycles. The number of carbonyl (C=O) groups is 1. The number of aliphatic hydroxyl groups excluding tert-OH is 1. The van der Waals surface area contributed by atoms with Gasteiger partial charge in [0.1, 0.15) is 0 Å². The Hall–Kier alpha value is -0.460. The third kappa shape index (κ3) is 25.5. The number of methoxy groups -OCH3 is 1. The van der Waals surface area contributed by atoms with Gasteiger partial charge in [0.15, 0.2) is 0 Å². The molecule has 8 heteroatoms. The van der Waals surface area contributed by atoms with Crippen LogP contribution in [0.1, 0.15) is 96.8 Å². The molecule has 0 aromatic rings. The fourth-order valence-electron chi connectivity index (χ4n) is 2.68. The Kier molecular flexibility index (Phi) is 24.2. The van der Waals surface area contributed by atoms with Crippen molar-refractivity contribution in [3.8, 4) is 0 Å². The van der Waals surface area contributed by atoms with Gasteiger partial charge in [-0.2, -0.15) is 0 Å². The molecule has 0 aromatic heterocycles. The molecule has 170 valence electrons. The van der Waals surface area contributed by atoms with Crippen LogP contribution in [0.4, 0.5) is 4.79 Å². The number of hydrogen-bond donors (Lipinski definition) is 3. The highest BCUT2D eigenvalue weighted by atomic mass is 31.2. The number of carbonyl (C=O) groups excluding carboxylic acids is 1. The van der Waals surface area contributed by atoms with Gasteiger partial charge in [0, 0.05) is 6.61 Å². The van der Waals surface area contributed by atoms with Gasteiger partial charge in [-0.25, -0.2) is 9.36 Å². The lowest BCUT2D eigenvalue weighted by Crippen LogP contribution is -2.00. The lowest BCUT2D eigenvalue weighted by atomic mass is 10.0. The first kappa shape index (κ1) is 29.7. The Morgan fingerprint density at radius 1 is 0.750 bits per heavy atom. The van der Waals surface area contributed by atoms with Crippen LogP contribution in [0.25, 0.3) is 0 Å². The summed E-state index contributed by atoms with van der Waals surface area (Å²) >= 11 is 0. The fourth-order valence-corrected chi connectivity index (χ4v) is 2.92. The molecule has 0 unspecified atom stereocenters. The van der Waals surface area contributed by atoms with Gasteiger partial charge in [0.25, 0.3) is 0 Å². The van der Waals surface area contributed by atoms with E-state index in [1.54, 1.807) is 0 Å². The van der Waals surface area contributed by atoms with E-state index < -0.39 is 13.3 Å². The molecule has 0 radical (unpaired) electrons. The highest BCUT2D eigenvalue weighted by molar-refractivity contribution is 7.69.